The van der Waals surface area contributed by atoms with Crippen LogP contribution in [0.2, 0.25) is 0 Å². The molecular formula is C16H23NO4. The molecule has 0 aliphatic carbocycles. The van der Waals surface area contributed by atoms with E-state index >= 15 is 0 Å². The third kappa shape index (κ3) is 3.13. The summed E-state index contributed by atoms with van der Waals surface area (Å²) in [5.74, 6) is 1.39. The summed E-state index contributed by atoms with van der Waals surface area (Å²) in [7, 11) is 3.14. The molecule has 0 aromatic heterocycles. The molecule has 1 N–H and O–H groups in total. The lowest BCUT2D eigenvalue weighted by molar-refractivity contribution is 0.0248. The lowest BCUT2D eigenvalue weighted by Gasteiger charge is -2.34. The Morgan fingerprint density at radius 2 is 1.86 bits per heavy atom. The van der Waals surface area contributed by atoms with Crippen molar-refractivity contribution in [2.75, 3.05) is 27.3 Å². The summed E-state index contributed by atoms with van der Waals surface area (Å²) in [4.78, 5) is 14.3. The molecule has 2 unspecified atom stereocenters. The van der Waals surface area contributed by atoms with Gasteiger partial charge in [0.15, 0.2) is 0 Å². The maximum atomic E-state index is 12.6. The van der Waals surface area contributed by atoms with Crippen molar-refractivity contribution in [2.45, 2.75) is 26.4 Å². The van der Waals surface area contributed by atoms with Crippen molar-refractivity contribution >= 4 is 5.91 Å². The van der Waals surface area contributed by atoms with Gasteiger partial charge < -0.3 is 19.5 Å². The minimum atomic E-state index is -0.461. The molecule has 1 saturated heterocycles. The Bertz CT molecular complexity index is 504. The predicted octanol–water partition coefficient (Wildman–Crippen LogP) is 1.86. The average Bonchev–Trinajstić information content (AvgIpc) is 2.49. The lowest BCUT2D eigenvalue weighted by atomic mass is 9.95. The van der Waals surface area contributed by atoms with Gasteiger partial charge in [-0.05, 0) is 31.4 Å². The van der Waals surface area contributed by atoms with Crippen molar-refractivity contribution in [2.24, 2.45) is 5.92 Å². The number of hydrogen-bond donors (Lipinski definition) is 1. The number of ether oxygens (including phenoxy) is 2. The van der Waals surface area contributed by atoms with Crippen molar-refractivity contribution in [1.82, 2.24) is 4.90 Å². The first-order chi connectivity index (χ1) is 9.97. The molecule has 0 radical (unpaired) electrons. The number of nitrogens with zero attached hydrogens (tertiary/aromatic N) is 1. The second-order valence-electron chi connectivity index (χ2n) is 5.59. The van der Waals surface area contributed by atoms with Crippen molar-refractivity contribution in [3.63, 3.8) is 0 Å². The monoisotopic (exact) mass is 293 g/mol. The number of rotatable bonds is 3. The Hall–Kier alpha value is -1.75. The molecular weight excluding hydrogens is 270 g/mol. The standard InChI is InChI=1S/C16H23NO4/c1-10-5-6-17(9-13(10)18)16(19)12-7-14(20-3)11(2)15(8-12)21-4/h7-8,10,13,18H,5-6,9H2,1-4H3. The SMILES string of the molecule is COc1cc(C(=O)N2CCC(C)C(O)C2)cc(OC)c1C. The number of carbonyl (C=O) groups excluding carboxylic acids is 1. The first kappa shape index (κ1) is 15.6. The largest absolute Gasteiger partial charge is 0.496 e. The zero-order chi connectivity index (χ0) is 15.6. The summed E-state index contributed by atoms with van der Waals surface area (Å²) in [5.41, 5.74) is 1.39. The van der Waals surface area contributed by atoms with E-state index < -0.39 is 6.10 Å². The number of β-amino-alcohol motifs (C(OH)–C–C–N with tert-alkyl or cyclic N) is 1. The summed E-state index contributed by atoms with van der Waals surface area (Å²) < 4.78 is 10.6. The Morgan fingerprint density at radius 1 is 1.29 bits per heavy atom. The number of aliphatic hydroxyl groups excluding tert-OH is 1. The van der Waals surface area contributed by atoms with Gasteiger partial charge in [-0.2, -0.15) is 0 Å². The van der Waals surface area contributed by atoms with Crippen LogP contribution in [0.15, 0.2) is 12.1 Å². The number of aliphatic hydroxyl groups is 1. The summed E-state index contributed by atoms with van der Waals surface area (Å²) in [5, 5.41) is 9.95. The smallest absolute Gasteiger partial charge is 0.254 e. The van der Waals surface area contributed by atoms with Crippen LogP contribution in [0.1, 0.15) is 29.3 Å². The van der Waals surface area contributed by atoms with Crippen molar-refractivity contribution in [3.05, 3.63) is 23.3 Å². The highest BCUT2D eigenvalue weighted by Gasteiger charge is 2.28. The number of benzene rings is 1. The molecule has 1 aromatic rings. The van der Waals surface area contributed by atoms with Gasteiger partial charge in [-0.1, -0.05) is 6.92 Å². The molecule has 21 heavy (non-hydrogen) atoms. The number of hydrogen-bond acceptors (Lipinski definition) is 4. The van der Waals surface area contributed by atoms with Gasteiger partial charge in [0.1, 0.15) is 11.5 Å². The molecule has 1 heterocycles. The number of piperidine rings is 1. The van der Waals surface area contributed by atoms with Crippen LogP contribution in [0.4, 0.5) is 0 Å². The Labute approximate surface area is 125 Å². The van der Waals surface area contributed by atoms with Gasteiger partial charge in [0.2, 0.25) is 0 Å². The highest BCUT2D eigenvalue weighted by atomic mass is 16.5. The molecule has 5 heteroatoms. The van der Waals surface area contributed by atoms with E-state index in [0.717, 1.165) is 12.0 Å². The zero-order valence-corrected chi connectivity index (χ0v) is 13.0. The van der Waals surface area contributed by atoms with E-state index in [0.29, 0.717) is 30.2 Å². The minimum Gasteiger partial charge on any atom is -0.496 e. The number of amides is 1. The second kappa shape index (κ2) is 6.35. The van der Waals surface area contributed by atoms with Gasteiger partial charge in [0, 0.05) is 24.2 Å². The van der Waals surface area contributed by atoms with Crippen LogP contribution < -0.4 is 9.47 Å². The highest BCUT2D eigenvalue weighted by Crippen LogP contribution is 2.30. The third-order valence-electron chi connectivity index (χ3n) is 4.21. The van der Waals surface area contributed by atoms with Crippen LogP contribution in [0, 0.1) is 12.8 Å². The van der Waals surface area contributed by atoms with Gasteiger partial charge in [0.25, 0.3) is 5.91 Å². The molecule has 1 aliphatic rings. The van der Waals surface area contributed by atoms with Gasteiger partial charge in [-0.15, -0.1) is 0 Å². The number of methoxy groups -OCH3 is 2. The molecule has 1 amide bonds. The maximum Gasteiger partial charge on any atom is 0.254 e. The van der Waals surface area contributed by atoms with E-state index in [1.54, 1.807) is 31.3 Å². The van der Waals surface area contributed by atoms with Crippen LogP contribution in [-0.4, -0.2) is 49.3 Å². The van der Waals surface area contributed by atoms with Gasteiger partial charge >= 0.3 is 0 Å². The molecule has 2 atom stereocenters. The van der Waals surface area contributed by atoms with Gasteiger partial charge in [-0.25, -0.2) is 0 Å². The summed E-state index contributed by atoms with van der Waals surface area (Å²) in [6.07, 6.45) is 0.351. The molecule has 0 saturated carbocycles. The van der Waals surface area contributed by atoms with E-state index in [2.05, 4.69) is 0 Å². The molecule has 2 rings (SSSR count). The highest BCUT2D eigenvalue weighted by molar-refractivity contribution is 5.95. The van der Waals surface area contributed by atoms with Gasteiger partial charge in [-0.3, -0.25) is 4.79 Å². The topological polar surface area (TPSA) is 59.0 Å². The second-order valence-corrected chi connectivity index (χ2v) is 5.59. The molecule has 1 aromatic carbocycles. The first-order valence-corrected chi connectivity index (χ1v) is 7.18. The molecule has 5 nitrogen and oxygen atoms in total. The first-order valence-electron chi connectivity index (χ1n) is 7.18. The Balaban J connectivity index is 2.27. The van der Waals surface area contributed by atoms with E-state index in [4.69, 9.17) is 9.47 Å². The third-order valence-corrected chi connectivity index (χ3v) is 4.21. The number of likely N-dealkylation sites (tertiary alicyclic amines) is 1. The normalized spacial score (nSPS) is 22.0. The Kier molecular flexibility index (Phi) is 4.73. The molecule has 1 aliphatic heterocycles. The van der Waals surface area contributed by atoms with Crippen LogP contribution >= 0.6 is 0 Å². The molecule has 0 spiro atoms. The summed E-state index contributed by atoms with van der Waals surface area (Å²) in [6, 6.07) is 3.45. The minimum absolute atomic E-state index is 0.0995. The number of carbonyl (C=O) groups is 1. The van der Waals surface area contributed by atoms with E-state index in [-0.39, 0.29) is 11.8 Å². The fraction of sp³-hybridized carbons (Fsp3) is 0.562. The van der Waals surface area contributed by atoms with Crippen LogP contribution in [0.5, 0.6) is 11.5 Å². The van der Waals surface area contributed by atoms with E-state index in [1.807, 2.05) is 13.8 Å². The molecule has 1 fully saturated rings. The van der Waals surface area contributed by atoms with Crippen molar-refractivity contribution in [1.29, 1.82) is 0 Å². The molecule has 116 valence electrons. The maximum absolute atomic E-state index is 12.6. The van der Waals surface area contributed by atoms with Crippen molar-refractivity contribution in [3.8, 4) is 11.5 Å². The quantitative estimate of drug-likeness (QED) is 0.924. The van der Waals surface area contributed by atoms with Crippen molar-refractivity contribution < 1.29 is 19.4 Å². The predicted molar refractivity (Wildman–Crippen MR) is 80.0 cm³/mol. The van der Waals surface area contributed by atoms with Crippen LogP contribution in [0.25, 0.3) is 0 Å². The average molecular weight is 293 g/mol. The van der Waals surface area contributed by atoms with Crippen LogP contribution in [0.3, 0.4) is 0 Å². The zero-order valence-electron chi connectivity index (χ0n) is 13.0. The summed E-state index contributed by atoms with van der Waals surface area (Å²) >= 11 is 0. The molecule has 0 bridgehead atoms. The summed E-state index contributed by atoms with van der Waals surface area (Å²) in [6.45, 7) is 4.93. The fourth-order valence-electron chi connectivity index (χ4n) is 2.63. The van der Waals surface area contributed by atoms with E-state index in [9.17, 15) is 9.90 Å². The lowest BCUT2D eigenvalue weighted by Crippen LogP contribution is -2.45. The van der Waals surface area contributed by atoms with Crippen LogP contribution in [-0.2, 0) is 0 Å². The van der Waals surface area contributed by atoms with E-state index in [1.165, 1.54) is 0 Å². The Morgan fingerprint density at radius 3 is 2.33 bits per heavy atom. The fourth-order valence-corrected chi connectivity index (χ4v) is 2.63. The van der Waals surface area contributed by atoms with Gasteiger partial charge in [0.05, 0.1) is 20.3 Å².